The maximum absolute atomic E-state index is 13.4. The lowest BCUT2D eigenvalue weighted by atomic mass is 10.00. The van der Waals surface area contributed by atoms with Gasteiger partial charge in [0.25, 0.3) is 11.8 Å². The molecule has 1 aromatic heterocycles. The second-order valence-corrected chi connectivity index (χ2v) is 10.9. The van der Waals surface area contributed by atoms with Gasteiger partial charge in [-0.1, -0.05) is 6.07 Å². The summed E-state index contributed by atoms with van der Waals surface area (Å²) in [5.74, 6) is 0.505. The van der Waals surface area contributed by atoms with E-state index in [-0.39, 0.29) is 17.9 Å². The lowest BCUT2D eigenvalue weighted by molar-refractivity contribution is 0.0937. The molecule has 2 saturated heterocycles. The Kier molecular flexibility index (Phi) is 7.22. The second-order valence-electron chi connectivity index (χ2n) is 10.0. The molecule has 3 aromatic rings. The van der Waals surface area contributed by atoms with Crippen LogP contribution in [-0.2, 0) is 0 Å². The number of piperazine rings is 1. The Morgan fingerprint density at radius 3 is 2.51 bits per heavy atom. The van der Waals surface area contributed by atoms with Gasteiger partial charge in [0.1, 0.15) is 5.75 Å². The number of thiophene rings is 1. The van der Waals surface area contributed by atoms with Crippen molar-refractivity contribution in [3.63, 3.8) is 0 Å². The molecule has 3 atom stereocenters. The van der Waals surface area contributed by atoms with Gasteiger partial charge in [-0.05, 0) is 90.7 Å². The minimum absolute atomic E-state index is 0.0910. The van der Waals surface area contributed by atoms with E-state index in [1.807, 2.05) is 55.6 Å². The Balaban J connectivity index is 1.36. The zero-order valence-corrected chi connectivity index (χ0v) is 22.6. The highest BCUT2D eigenvalue weighted by atomic mass is 32.1. The van der Waals surface area contributed by atoms with E-state index in [0.29, 0.717) is 28.3 Å². The first-order valence-electron chi connectivity index (χ1n) is 12.8. The van der Waals surface area contributed by atoms with Gasteiger partial charge in [-0.3, -0.25) is 9.59 Å². The van der Waals surface area contributed by atoms with Crippen molar-refractivity contribution in [1.29, 1.82) is 0 Å². The van der Waals surface area contributed by atoms with Gasteiger partial charge in [0.15, 0.2) is 0 Å². The highest BCUT2D eigenvalue weighted by Gasteiger charge is 2.32. The fourth-order valence-electron chi connectivity index (χ4n) is 5.30. The molecule has 3 N–H and O–H groups in total. The highest BCUT2D eigenvalue weighted by Crippen LogP contribution is 2.32. The average molecular weight is 519 g/mol. The lowest BCUT2D eigenvalue weighted by Gasteiger charge is -2.35. The van der Waals surface area contributed by atoms with Gasteiger partial charge >= 0.3 is 0 Å². The molecule has 2 aliphatic rings. The fraction of sp³-hybridized carbons (Fsp3) is 0.379. The van der Waals surface area contributed by atoms with Crippen LogP contribution in [0.25, 0.3) is 11.1 Å². The molecule has 7 nitrogen and oxygen atoms in total. The summed E-state index contributed by atoms with van der Waals surface area (Å²) in [6.45, 7) is 5.92. The van der Waals surface area contributed by atoms with Crippen molar-refractivity contribution in [2.45, 2.75) is 44.8 Å². The van der Waals surface area contributed by atoms with Crippen molar-refractivity contribution in [3.8, 4) is 16.9 Å². The first kappa shape index (κ1) is 25.3. The number of aryl methyl sites for hydroxylation is 1. The van der Waals surface area contributed by atoms with Crippen molar-refractivity contribution < 1.29 is 14.3 Å². The van der Waals surface area contributed by atoms with Crippen molar-refractivity contribution >= 4 is 28.8 Å². The summed E-state index contributed by atoms with van der Waals surface area (Å²) in [5.41, 5.74) is 5.58. The Morgan fingerprint density at radius 2 is 1.81 bits per heavy atom. The van der Waals surface area contributed by atoms with Crippen LogP contribution in [0, 0.1) is 6.92 Å². The van der Waals surface area contributed by atoms with E-state index < -0.39 is 0 Å². The highest BCUT2D eigenvalue weighted by molar-refractivity contribution is 7.12. The van der Waals surface area contributed by atoms with Gasteiger partial charge in [0.2, 0.25) is 0 Å². The number of amides is 2. The summed E-state index contributed by atoms with van der Waals surface area (Å²) >= 11 is 1.40. The number of carbonyl (C=O) groups is 2. The smallest absolute Gasteiger partial charge is 0.261 e. The molecule has 8 heteroatoms. The van der Waals surface area contributed by atoms with Gasteiger partial charge in [-0.2, -0.15) is 0 Å². The Bertz CT molecular complexity index is 1310. The van der Waals surface area contributed by atoms with E-state index >= 15 is 0 Å². The monoisotopic (exact) mass is 518 g/mol. The summed E-state index contributed by atoms with van der Waals surface area (Å²) in [7, 11) is 3.26. The molecule has 37 heavy (non-hydrogen) atoms. The molecule has 3 heterocycles. The van der Waals surface area contributed by atoms with Gasteiger partial charge in [-0.25, -0.2) is 0 Å². The third-order valence-electron chi connectivity index (χ3n) is 7.44. The van der Waals surface area contributed by atoms with E-state index in [4.69, 9.17) is 4.74 Å². The van der Waals surface area contributed by atoms with E-state index in [1.54, 1.807) is 14.2 Å². The quantitative estimate of drug-likeness (QED) is 0.428. The molecule has 2 bridgehead atoms. The van der Waals surface area contributed by atoms with Crippen molar-refractivity contribution in [3.05, 3.63) is 69.4 Å². The third kappa shape index (κ3) is 5.36. The summed E-state index contributed by atoms with van der Waals surface area (Å²) in [6, 6.07) is 14.9. The second kappa shape index (κ2) is 10.6. The van der Waals surface area contributed by atoms with Crippen LogP contribution in [0.4, 0.5) is 5.69 Å². The number of carbonyl (C=O) groups excluding carboxylic acids is 2. The van der Waals surface area contributed by atoms with Crippen LogP contribution < -0.4 is 25.6 Å². The van der Waals surface area contributed by atoms with Crippen LogP contribution in [0.3, 0.4) is 0 Å². The number of fused-ring (bicyclic) bond motifs is 2. The number of benzene rings is 2. The predicted molar refractivity (Wildman–Crippen MR) is 149 cm³/mol. The minimum atomic E-state index is -0.239. The van der Waals surface area contributed by atoms with Crippen LogP contribution in [0.2, 0.25) is 0 Å². The normalized spacial score (nSPS) is 19.4. The molecule has 2 amide bonds. The number of anilines is 1. The molecule has 2 aliphatic heterocycles. The van der Waals surface area contributed by atoms with Gasteiger partial charge in [-0.15, -0.1) is 11.3 Å². The number of hydrogen-bond donors (Lipinski definition) is 3. The first-order valence-corrected chi connectivity index (χ1v) is 13.6. The van der Waals surface area contributed by atoms with Crippen LogP contribution >= 0.6 is 11.3 Å². The average Bonchev–Trinajstić information content (AvgIpc) is 3.54. The molecular formula is C29H34N4O3S. The molecule has 2 aromatic carbocycles. The lowest BCUT2D eigenvalue weighted by Crippen LogP contribution is -2.51. The van der Waals surface area contributed by atoms with Gasteiger partial charge in [0.05, 0.1) is 18.0 Å². The Hall–Kier alpha value is -3.36. The first-order chi connectivity index (χ1) is 17.8. The number of rotatable bonds is 7. The van der Waals surface area contributed by atoms with Crippen molar-refractivity contribution in [2.24, 2.45) is 0 Å². The van der Waals surface area contributed by atoms with E-state index in [1.165, 1.54) is 24.2 Å². The summed E-state index contributed by atoms with van der Waals surface area (Å²) < 4.78 is 5.56. The molecule has 194 valence electrons. The zero-order valence-electron chi connectivity index (χ0n) is 21.8. The van der Waals surface area contributed by atoms with E-state index in [9.17, 15) is 9.59 Å². The number of ether oxygens (including phenoxy) is 1. The van der Waals surface area contributed by atoms with Gasteiger partial charge < -0.3 is 25.6 Å². The van der Waals surface area contributed by atoms with Crippen LogP contribution in [0.15, 0.2) is 47.8 Å². The number of nitrogens with one attached hydrogen (secondary N) is 3. The standard InChI is InChI=1S/C29H34N4O3S/c1-17-5-8-24(33-14-22-6-7-23(15-33)32-22)13-26(17)28(34)31-18(2)19-9-20(11-25(10-19)36-4)21-12-27(37-16-21)29(35)30-3/h5,8-13,16,18,22-23,32H,6-7,14-15H2,1-4H3,(H,30,35)(H,31,34)/t18-,22-,23+/m1/s1. The summed E-state index contributed by atoms with van der Waals surface area (Å²) in [5, 5.41) is 11.5. The molecule has 0 aliphatic carbocycles. The largest absolute Gasteiger partial charge is 0.497 e. The SMILES string of the molecule is CNC(=O)c1cc(-c2cc(OC)cc([C@@H](C)NC(=O)c3cc(N4C[C@H]5CC[C@@H](C4)N5)ccc3C)c2)cs1. The van der Waals surface area contributed by atoms with Gasteiger partial charge in [0, 0.05) is 43.5 Å². The summed E-state index contributed by atoms with van der Waals surface area (Å²) in [6.07, 6.45) is 2.44. The minimum Gasteiger partial charge on any atom is -0.497 e. The molecular weight excluding hydrogens is 484 g/mol. The van der Waals surface area contributed by atoms with Crippen molar-refractivity contribution in [2.75, 3.05) is 32.1 Å². The molecule has 5 rings (SSSR count). The number of hydrogen-bond acceptors (Lipinski definition) is 6. The van der Waals surface area contributed by atoms with Crippen molar-refractivity contribution in [1.82, 2.24) is 16.0 Å². The molecule has 2 fully saturated rings. The third-order valence-corrected chi connectivity index (χ3v) is 8.37. The summed E-state index contributed by atoms with van der Waals surface area (Å²) in [4.78, 5) is 28.5. The maximum atomic E-state index is 13.4. The molecule has 0 spiro atoms. The molecule has 0 unspecified atom stereocenters. The molecule has 0 saturated carbocycles. The topological polar surface area (TPSA) is 82.7 Å². The van der Waals surface area contributed by atoms with Crippen LogP contribution in [0.5, 0.6) is 5.75 Å². The Morgan fingerprint density at radius 1 is 1.05 bits per heavy atom. The van der Waals surface area contributed by atoms with E-state index in [2.05, 4.69) is 26.9 Å². The van der Waals surface area contributed by atoms with E-state index in [0.717, 1.165) is 41.0 Å². The maximum Gasteiger partial charge on any atom is 0.261 e. The van der Waals surface area contributed by atoms with Crippen LogP contribution in [-0.4, -0.2) is 51.1 Å². The fourth-order valence-corrected chi connectivity index (χ4v) is 6.17. The zero-order chi connectivity index (χ0) is 26.1. The Labute approximate surface area is 222 Å². The number of nitrogens with zero attached hydrogens (tertiary/aromatic N) is 1. The molecule has 0 radical (unpaired) electrons. The predicted octanol–water partition coefficient (Wildman–Crippen LogP) is 4.52. The number of methoxy groups -OCH3 is 1. The van der Waals surface area contributed by atoms with Crippen LogP contribution in [0.1, 0.15) is 57.0 Å².